The molecule has 0 aliphatic heterocycles. The average Bonchev–Trinajstić information content (AvgIpc) is 2.46. The normalized spacial score (nSPS) is 11.1. The van der Waals surface area contributed by atoms with Crippen LogP contribution in [0, 0.1) is 0 Å². The smallest absolute Gasteiger partial charge is 0.0457 e. The molecular formula is C18H22ClN. The van der Waals surface area contributed by atoms with E-state index in [1.807, 2.05) is 0 Å². The van der Waals surface area contributed by atoms with Crippen molar-refractivity contribution >= 4 is 11.6 Å². The van der Waals surface area contributed by atoms with Crippen LogP contribution in [0.2, 0.25) is 5.02 Å². The van der Waals surface area contributed by atoms with Crippen LogP contribution in [-0.4, -0.2) is 6.54 Å². The highest BCUT2D eigenvalue weighted by Crippen LogP contribution is 2.27. The van der Waals surface area contributed by atoms with Crippen LogP contribution in [-0.2, 0) is 6.54 Å². The second-order valence-corrected chi connectivity index (χ2v) is 5.77. The van der Waals surface area contributed by atoms with Crippen LogP contribution in [0.25, 0.3) is 11.1 Å². The van der Waals surface area contributed by atoms with Crippen molar-refractivity contribution < 1.29 is 0 Å². The van der Waals surface area contributed by atoms with E-state index in [0.29, 0.717) is 5.92 Å². The number of hydrogen-bond donors (Lipinski definition) is 1. The first-order chi connectivity index (χ1) is 9.61. The Kier molecular flexibility index (Phi) is 5.22. The predicted molar refractivity (Wildman–Crippen MR) is 88.4 cm³/mol. The monoisotopic (exact) mass is 287 g/mol. The molecule has 2 rings (SSSR count). The van der Waals surface area contributed by atoms with Gasteiger partial charge in [-0.3, -0.25) is 0 Å². The minimum atomic E-state index is 0.565. The molecule has 0 saturated heterocycles. The molecule has 0 fully saturated rings. The number of hydrogen-bond acceptors (Lipinski definition) is 1. The highest BCUT2D eigenvalue weighted by Gasteiger charge is 2.04. The summed E-state index contributed by atoms with van der Waals surface area (Å²) in [6, 6.07) is 15.0. The van der Waals surface area contributed by atoms with Crippen LogP contribution in [0.1, 0.15) is 37.8 Å². The Morgan fingerprint density at radius 1 is 1.00 bits per heavy atom. The van der Waals surface area contributed by atoms with E-state index in [-0.39, 0.29) is 0 Å². The first-order valence-corrected chi connectivity index (χ1v) is 7.59. The molecule has 0 bridgehead atoms. The molecule has 0 aliphatic rings. The Morgan fingerprint density at radius 3 is 2.20 bits per heavy atom. The molecule has 0 aromatic heterocycles. The second-order valence-electron chi connectivity index (χ2n) is 5.36. The highest BCUT2D eigenvalue weighted by atomic mass is 35.5. The molecule has 0 amide bonds. The SMILES string of the molecule is CCNCc1ccc(-c2ccc(C(C)C)cc2)cc1Cl. The summed E-state index contributed by atoms with van der Waals surface area (Å²) in [6.45, 7) is 8.29. The minimum absolute atomic E-state index is 0.565. The van der Waals surface area contributed by atoms with Crippen molar-refractivity contribution in [2.45, 2.75) is 33.2 Å². The molecule has 0 heterocycles. The molecule has 1 N–H and O–H groups in total. The zero-order chi connectivity index (χ0) is 14.5. The van der Waals surface area contributed by atoms with E-state index in [4.69, 9.17) is 11.6 Å². The fourth-order valence-electron chi connectivity index (χ4n) is 2.19. The van der Waals surface area contributed by atoms with Crippen LogP contribution in [0.15, 0.2) is 42.5 Å². The summed E-state index contributed by atoms with van der Waals surface area (Å²) in [5.41, 5.74) is 4.90. The van der Waals surface area contributed by atoms with Crippen molar-refractivity contribution in [1.82, 2.24) is 5.32 Å². The molecule has 0 atom stereocenters. The van der Waals surface area contributed by atoms with Crippen molar-refractivity contribution in [3.05, 3.63) is 58.6 Å². The first-order valence-electron chi connectivity index (χ1n) is 7.21. The van der Waals surface area contributed by atoms with Gasteiger partial charge in [0, 0.05) is 11.6 Å². The summed E-state index contributed by atoms with van der Waals surface area (Å²) in [6.07, 6.45) is 0. The Balaban J connectivity index is 2.22. The molecule has 1 nitrogen and oxygen atoms in total. The Labute approximate surface area is 127 Å². The molecule has 0 spiro atoms. The lowest BCUT2D eigenvalue weighted by atomic mass is 9.98. The molecule has 106 valence electrons. The maximum Gasteiger partial charge on any atom is 0.0457 e. The Hall–Kier alpha value is -1.31. The molecule has 2 aromatic carbocycles. The third-order valence-corrected chi connectivity index (χ3v) is 3.88. The topological polar surface area (TPSA) is 12.0 Å². The van der Waals surface area contributed by atoms with Crippen molar-refractivity contribution in [3.8, 4) is 11.1 Å². The number of benzene rings is 2. The first kappa shape index (κ1) is 15.1. The van der Waals surface area contributed by atoms with Crippen molar-refractivity contribution in [1.29, 1.82) is 0 Å². The van der Waals surface area contributed by atoms with E-state index in [2.05, 4.69) is 68.6 Å². The third-order valence-electron chi connectivity index (χ3n) is 3.53. The summed E-state index contributed by atoms with van der Waals surface area (Å²) in [5, 5.41) is 4.13. The Bertz CT molecular complexity index is 558. The average molecular weight is 288 g/mol. The standard InChI is InChI=1S/C18H22ClN/c1-4-20-12-17-10-9-16(11-18(17)19)15-7-5-14(6-8-15)13(2)3/h5-11,13,20H,4,12H2,1-3H3. The van der Waals surface area contributed by atoms with Gasteiger partial charge in [0.05, 0.1) is 0 Å². The zero-order valence-electron chi connectivity index (χ0n) is 12.4. The summed E-state index contributed by atoms with van der Waals surface area (Å²) in [7, 11) is 0. The third kappa shape index (κ3) is 3.62. The van der Waals surface area contributed by atoms with Crippen LogP contribution >= 0.6 is 11.6 Å². The van der Waals surface area contributed by atoms with Gasteiger partial charge in [-0.1, -0.05) is 68.8 Å². The molecular weight excluding hydrogens is 266 g/mol. The molecule has 2 heteroatoms. The van der Waals surface area contributed by atoms with Gasteiger partial charge in [0.1, 0.15) is 0 Å². The molecule has 2 aromatic rings. The Morgan fingerprint density at radius 2 is 1.65 bits per heavy atom. The van der Waals surface area contributed by atoms with Crippen molar-refractivity contribution in [3.63, 3.8) is 0 Å². The van der Waals surface area contributed by atoms with E-state index in [0.717, 1.165) is 23.7 Å². The maximum atomic E-state index is 6.36. The van der Waals surface area contributed by atoms with Gasteiger partial charge in [0.2, 0.25) is 0 Å². The number of nitrogens with one attached hydrogen (secondary N) is 1. The van der Waals surface area contributed by atoms with Crippen LogP contribution in [0.3, 0.4) is 0 Å². The fraction of sp³-hybridized carbons (Fsp3) is 0.333. The minimum Gasteiger partial charge on any atom is -0.313 e. The van der Waals surface area contributed by atoms with E-state index in [1.54, 1.807) is 0 Å². The van der Waals surface area contributed by atoms with Gasteiger partial charge in [0.15, 0.2) is 0 Å². The van der Waals surface area contributed by atoms with Gasteiger partial charge in [-0.2, -0.15) is 0 Å². The van der Waals surface area contributed by atoms with E-state index in [1.165, 1.54) is 16.7 Å². The largest absolute Gasteiger partial charge is 0.313 e. The van der Waals surface area contributed by atoms with Gasteiger partial charge < -0.3 is 5.32 Å². The second kappa shape index (κ2) is 6.92. The van der Waals surface area contributed by atoms with Crippen LogP contribution in [0.4, 0.5) is 0 Å². The van der Waals surface area contributed by atoms with E-state index in [9.17, 15) is 0 Å². The quantitative estimate of drug-likeness (QED) is 0.793. The maximum absolute atomic E-state index is 6.36. The lowest BCUT2D eigenvalue weighted by Crippen LogP contribution is -2.11. The lowest BCUT2D eigenvalue weighted by molar-refractivity contribution is 0.727. The molecule has 0 aliphatic carbocycles. The fourth-order valence-corrected chi connectivity index (χ4v) is 2.44. The molecule has 0 saturated carbocycles. The van der Waals surface area contributed by atoms with Crippen molar-refractivity contribution in [2.24, 2.45) is 0 Å². The van der Waals surface area contributed by atoms with Gasteiger partial charge in [-0.25, -0.2) is 0 Å². The van der Waals surface area contributed by atoms with Gasteiger partial charge in [0.25, 0.3) is 0 Å². The van der Waals surface area contributed by atoms with Gasteiger partial charge in [-0.05, 0) is 40.8 Å². The molecule has 20 heavy (non-hydrogen) atoms. The van der Waals surface area contributed by atoms with Gasteiger partial charge >= 0.3 is 0 Å². The van der Waals surface area contributed by atoms with Crippen LogP contribution in [0.5, 0.6) is 0 Å². The zero-order valence-corrected chi connectivity index (χ0v) is 13.2. The lowest BCUT2D eigenvalue weighted by Gasteiger charge is -2.10. The summed E-state index contributed by atoms with van der Waals surface area (Å²) in [5.74, 6) is 0.565. The van der Waals surface area contributed by atoms with Crippen LogP contribution < -0.4 is 5.32 Å². The molecule has 0 unspecified atom stereocenters. The van der Waals surface area contributed by atoms with Gasteiger partial charge in [-0.15, -0.1) is 0 Å². The predicted octanol–water partition coefficient (Wildman–Crippen LogP) is 5.24. The molecule has 0 radical (unpaired) electrons. The van der Waals surface area contributed by atoms with E-state index >= 15 is 0 Å². The highest BCUT2D eigenvalue weighted by molar-refractivity contribution is 6.31. The summed E-state index contributed by atoms with van der Waals surface area (Å²) >= 11 is 6.36. The number of rotatable bonds is 5. The number of halogens is 1. The van der Waals surface area contributed by atoms with E-state index < -0.39 is 0 Å². The summed E-state index contributed by atoms with van der Waals surface area (Å²) in [4.78, 5) is 0. The summed E-state index contributed by atoms with van der Waals surface area (Å²) < 4.78 is 0. The van der Waals surface area contributed by atoms with Crippen molar-refractivity contribution in [2.75, 3.05) is 6.54 Å².